The standard InChI is InChI=1S/C18H20N2O3S/c1-24(21,22)20-10-9-15-12-19-18-8-7-16(11-17(15)18)23-13-14-5-3-2-4-6-14/h2-8,11-12,19-20H,9-10,13H2,1H3. The Kier molecular flexibility index (Phi) is 4.87. The molecule has 3 aromatic rings. The topological polar surface area (TPSA) is 71.2 Å². The van der Waals surface area contributed by atoms with Gasteiger partial charge in [-0.05, 0) is 35.7 Å². The third kappa shape index (κ3) is 4.37. The molecule has 3 rings (SSSR count). The van der Waals surface area contributed by atoms with Gasteiger partial charge in [-0.25, -0.2) is 13.1 Å². The predicted molar refractivity (Wildman–Crippen MR) is 95.6 cm³/mol. The molecule has 0 aliphatic heterocycles. The van der Waals surface area contributed by atoms with Crippen molar-refractivity contribution < 1.29 is 13.2 Å². The van der Waals surface area contributed by atoms with Gasteiger partial charge in [0.05, 0.1) is 6.26 Å². The Morgan fingerprint density at radius 1 is 1.12 bits per heavy atom. The van der Waals surface area contributed by atoms with Crippen LogP contribution in [0.1, 0.15) is 11.1 Å². The molecular weight excluding hydrogens is 324 g/mol. The van der Waals surface area contributed by atoms with Crippen molar-refractivity contribution in [2.24, 2.45) is 0 Å². The first kappa shape index (κ1) is 16.5. The van der Waals surface area contributed by atoms with E-state index in [0.717, 1.165) is 34.0 Å². The van der Waals surface area contributed by atoms with Gasteiger partial charge < -0.3 is 9.72 Å². The summed E-state index contributed by atoms with van der Waals surface area (Å²) in [5, 5.41) is 1.05. The van der Waals surface area contributed by atoms with Gasteiger partial charge in [0.1, 0.15) is 12.4 Å². The number of nitrogens with one attached hydrogen (secondary N) is 2. The Morgan fingerprint density at radius 3 is 2.67 bits per heavy atom. The highest BCUT2D eigenvalue weighted by atomic mass is 32.2. The van der Waals surface area contributed by atoms with Gasteiger partial charge in [0, 0.05) is 23.6 Å². The van der Waals surface area contributed by atoms with E-state index in [1.54, 1.807) is 0 Å². The molecule has 0 radical (unpaired) electrons. The molecule has 0 fully saturated rings. The normalized spacial score (nSPS) is 11.7. The van der Waals surface area contributed by atoms with Crippen LogP contribution in [0.2, 0.25) is 0 Å². The fraction of sp³-hybridized carbons (Fsp3) is 0.222. The molecule has 0 spiro atoms. The molecule has 1 heterocycles. The molecule has 0 aliphatic carbocycles. The van der Waals surface area contributed by atoms with Crippen LogP contribution in [-0.4, -0.2) is 26.2 Å². The molecule has 0 saturated heterocycles. The first-order chi connectivity index (χ1) is 11.5. The summed E-state index contributed by atoms with van der Waals surface area (Å²) in [7, 11) is -3.16. The van der Waals surface area contributed by atoms with Gasteiger partial charge in [-0.2, -0.15) is 0 Å². The van der Waals surface area contributed by atoms with E-state index in [2.05, 4.69) is 9.71 Å². The quantitative estimate of drug-likeness (QED) is 0.692. The summed E-state index contributed by atoms with van der Waals surface area (Å²) in [5.41, 5.74) is 3.19. The lowest BCUT2D eigenvalue weighted by atomic mass is 10.1. The van der Waals surface area contributed by atoms with Crippen molar-refractivity contribution in [1.82, 2.24) is 9.71 Å². The zero-order valence-electron chi connectivity index (χ0n) is 13.5. The van der Waals surface area contributed by atoms with E-state index in [9.17, 15) is 8.42 Å². The second kappa shape index (κ2) is 7.07. The zero-order valence-corrected chi connectivity index (χ0v) is 14.3. The number of rotatable bonds is 7. The Morgan fingerprint density at radius 2 is 1.92 bits per heavy atom. The maximum atomic E-state index is 11.2. The van der Waals surface area contributed by atoms with Crippen LogP contribution < -0.4 is 9.46 Å². The van der Waals surface area contributed by atoms with Gasteiger partial charge >= 0.3 is 0 Å². The summed E-state index contributed by atoms with van der Waals surface area (Å²) in [6.45, 7) is 0.891. The van der Waals surface area contributed by atoms with Crippen LogP contribution in [0.4, 0.5) is 0 Å². The van der Waals surface area contributed by atoms with Crippen LogP contribution in [0.25, 0.3) is 10.9 Å². The Bertz CT molecular complexity index is 918. The Hall–Kier alpha value is -2.31. The maximum absolute atomic E-state index is 11.2. The molecule has 0 atom stereocenters. The van der Waals surface area contributed by atoms with Gasteiger partial charge in [-0.15, -0.1) is 0 Å². The van der Waals surface area contributed by atoms with E-state index in [1.807, 2.05) is 54.7 Å². The van der Waals surface area contributed by atoms with Crippen LogP contribution in [0.3, 0.4) is 0 Å². The summed E-state index contributed by atoms with van der Waals surface area (Å²) in [6.07, 6.45) is 3.70. The molecule has 2 N–H and O–H groups in total. The van der Waals surface area contributed by atoms with Crippen molar-refractivity contribution in [1.29, 1.82) is 0 Å². The maximum Gasteiger partial charge on any atom is 0.208 e. The number of benzene rings is 2. The number of hydrogen-bond donors (Lipinski definition) is 2. The van der Waals surface area contributed by atoms with Gasteiger partial charge in [0.15, 0.2) is 0 Å². The van der Waals surface area contributed by atoms with Crippen LogP contribution in [-0.2, 0) is 23.1 Å². The fourth-order valence-electron chi connectivity index (χ4n) is 2.57. The summed E-state index contributed by atoms with van der Waals surface area (Å²) < 4.78 is 30.7. The number of ether oxygens (including phenoxy) is 1. The zero-order chi connectivity index (χ0) is 17.0. The van der Waals surface area contributed by atoms with Crippen molar-refractivity contribution >= 4 is 20.9 Å². The smallest absolute Gasteiger partial charge is 0.208 e. The summed E-state index contributed by atoms with van der Waals surface area (Å²) in [4.78, 5) is 3.20. The third-order valence-corrected chi connectivity index (χ3v) is 4.47. The first-order valence-corrected chi connectivity index (χ1v) is 9.62. The number of H-pyrrole nitrogens is 1. The molecule has 24 heavy (non-hydrogen) atoms. The minimum atomic E-state index is -3.16. The molecule has 126 valence electrons. The van der Waals surface area contributed by atoms with Crippen LogP contribution in [0.15, 0.2) is 54.7 Å². The van der Waals surface area contributed by atoms with E-state index in [4.69, 9.17) is 4.74 Å². The van der Waals surface area contributed by atoms with Crippen LogP contribution in [0, 0.1) is 0 Å². The van der Waals surface area contributed by atoms with Gasteiger partial charge in [0.2, 0.25) is 10.0 Å². The highest BCUT2D eigenvalue weighted by molar-refractivity contribution is 7.88. The first-order valence-electron chi connectivity index (χ1n) is 7.73. The van der Waals surface area contributed by atoms with Crippen molar-refractivity contribution in [2.75, 3.05) is 12.8 Å². The second-order valence-electron chi connectivity index (χ2n) is 5.71. The van der Waals surface area contributed by atoms with Crippen molar-refractivity contribution in [3.05, 3.63) is 65.9 Å². The summed E-state index contributed by atoms with van der Waals surface area (Å²) >= 11 is 0. The summed E-state index contributed by atoms with van der Waals surface area (Å²) in [6, 6.07) is 15.9. The second-order valence-corrected chi connectivity index (χ2v) is 7.55. The van der Waals surface area contributed by atoms with E-state index < -0.39 is 10.0 Å². The largest absolute Gasteiger partial charge is 0.489 e. The highest BCUT2D eigenvalue weighted by Crippen LogP contribution is 2.24. The average molecular weight is 344 g/mol. The van der Waals surface area contributed by atoms with Crippen molar-refractivity contribution in [2.45, 2.75) is 13.0 Å². The van der Waals surface area contributed by atoms with Crippen molar-refractivity contribution in [3.8, 4) is 5.75 Å². The van der Waals surface area contributed by atoms with Crippen LogP contribution >= 0.6 is 0 Å². The molecule has 1 aromatic heterocycles. The molecule has 0 amide bonds. The number of fused-ring (bicyclic) bond motifs is 1. The fourth-order valence-corrected chi connectivity index (χ4v) is 3.04. The molecule has 6 heteroatoms. The molecule has 0 saturated carbocycles. The lowest BCUT2D eigenvalue weighted by Crippen LogP contribution is -2.24. The van der Waals surface area contributed by atoms with E-state index >= 15 is 0 Å². The SMILES string of the molecule is CS(=O)(=O)NCCc1c[nH]c2ccc(OCc3ccccc3)cc12. The molecule has 2 aromatic carbocycles. The third-order valence-electron chi connectivity index (χ3n) is 3.75. The average Bonchev–Trinajstić information content (AvgIpc) is 2.95. The lowest BCUT2D eigenvalue weighted by Gasteiger charge is -2.07. The van der Waals surface area contributed by atoms with Gasteiger partial charge in [-0.3, -0.25) is 0 Å². The van der Waals surface area contributed by atoms with Gasteiger partial charge in [0.25, 0.3) is 0 Å². The molecule has 5 nitrogen and oxygen atoms in total. The number of sulfonamides is 1. The van der Waals surface area contributed by atoms with E-state index in [-0.39, 0.29) is 0 Å². The van der Waals surface area contributed by atoms with Crippen LogP contribution in [0.5, 0.6) is 5.75 Å². The molecule has 0 unspecified atom stereocenters. The summed E-state index contributed by atoms with van der Waals surface area (Å²) in [5.74, 6) is 0.795. The number of aromatic amines is 1. The number of aromatic nitrogens is 1. The highest BCUT2D eigenvalue weighted by Gasteiger charge is 2.07. The number of hydrogen-bond acceptors (Lipinski definition) is 3. The van der Waals surface area contributed by atoms with E-state index in [1.165, 1.54) is 0 Å². The Balaban J connectivity index is 1.71. The monoisotopic (exact) mass is 344 g/mol. The van der Waals surface area contributed by atoms with Gasteiger partial charge in [-0.1, -0.05) is 30.3 Å². The minimum Gasteiger partial charge on any atom is -0.489 e. The van der Waals surface area contributed by atoms with E-state index in [0.29, 0.717) is 19.6 Å². The molecule has 0 aliphatic rings. The lowest BCUT2D eigenvalue weighted by molar-refractivity contribution is 0.306. The molecular formula is C18H20N2O3S. The van der Waals surface area contributed by atoms with Crippen molar-refractivity contribution in [3.63, 3.8) is 0 Å². The molecule has 0 bridgehead atoms. The predicted octanol–water partition coefficient (Wildman–Crippen LogP) is 2.84. The Labute approximate surface area is 141 Å². The minimum absolute atomic E-state index is 0.376.